The minimum Gasteiger partial charge on any atom is -0.480 e. The molecule has 1 aromatic carbocycles. The molecule has 1 N–H and O–H groups in total. The van der Waals surface area contributed by atoms with E-state index < -0.39 is 5.97 Å². The van der Waals surface area contributed by atoms with Gasteiger partial charge in [0.05, 0.1) is 6.61 Å². The van der Waals surface area contributed by atoms with E-state index in [0.717, 1.165) is 26.1 Å². The van der Waals surface area contributed by atoms with Crippen LogP contribution in [0.3, 0.4) is 0 Å². The number of rotatable bonds is 6. The molecule has 1 heterocycles. The van der Waals surface area contributed by atoms with Gasteiger partial charge in [0, 0.05) is 13.1 Å². The Bertz CT molecular complexity index is 380. The van der Waals surface area contributed by atoms with Gasteiger partial charge in [-0.15, -0.1) is 0 Å². The normalized spacial score (nSPS) is 20.1. The molecule has 0 amide bonds. The Morgan fingerprint density at radius 3 is 2.89 bits per heavy atom. The first-order valence-corrected chi connectivity index (χ1v) is 6.30. The Balaban J connectivity index is 1.70. The summed E-state index contributed by atoms with van der Waals surface area (Å²) >= 11 is 0. The third-order valence-corrected chi connectivity index (χ3v) is 3.20. The van der Waals surface area contributed by atoms with Crippen molar-refractivity contribution in [2.45, 2.75) is 13.0 Å². The predicted molar refractivity (Wildman–Crippen MR) is 68.3 cm³/mol. The molecule has 1 fully saturated rings. The highest BCUT2D eigenvalue weighted by Crippen LogP contribution is 2.18. The first kappa shape index (κ1) is 13.1. The average Bonchev–Trinajstić information content (AvgIpc) is 2.78. The Morgan fingerprint density at radius 2 is 2.17 bits per heavy atom. The summed E-state index contributed by atoms with van der Waals surface area (Å²) in [5.74, 6) is -0.429. The Labute approximate surface area is 107 Å². The van der Waals surface area contributed by atoms with Gasteiger partial charge in [0.25, 0.3) is 0 Å². The van der Waals surface area contributed by atoms with E-state index in [1.807, 2.05) is 6.07 Å². The first-order valence-electron chi connectivity index (χ1n) is 6.30. The zero-order valence-corrected chi connectivity index (χ0v) is 10.4. The predicted octanol–water partition coefficient (Wildman–Crippen LogP) is 1.61. The maximum Gasteiger partial charge on any atom is 0.329 e. The summed E-state index contributed by atoms with van der Waals surface area (Å²) in [6.07, 6.45) is 1.09. The highest BCUT2D eigenvalue weighted by atomic mass is 16.5. The Kier molecular flexibility index (Phi) is 4.73. The molecular formula is C14H19NO3. The minimum atomic E-state index is -0.894. The molecule has 2 rings (SSSR count). The van der Waals surface area contributed by atoms with E-state index in [0.29, 0.717) is 12.5 Å². The van der Waals surface area contributed by atoms with E-state index in [1.165, 1.54) is 5.56 Å². The molecule has 0 aromatic heterocycles. The van der Waals surface area contributed by atoms with Gasteiger partial charge < -0.3 is 9.84 Å². The van der Waals surface area contributed by atoms with E-state index >= 15 is 0 Å². The van der Waals surface area contributed by atoms with Crippen LogP contribution < -0.4 is 0 Å². The number of aliphatic carboxylic acids is 1. The number of carboxylic acid groups (broad SMARTS) is 1. The van der Waals surface area contributed by atoms with Gasteiger partial charge in [-0.1, -0.05) is 30.3 Å². The van der Waals surface area contributed by atoms with E-state index in [-0.39, 0.29) is 6.61 Å². The molecule has 98 valence electrons. The highest BCUT2D eigenvalue weighted by Gasteiger charge is 2.22. The SMILES string of the molecule is O=C(O)COC[C@@H]1CCN(Cc2ccccc2)C1. The molecule has 0 radical (unpaired) electrons. The van der Waals surface area contributed by atoms with Crippen molar-refractivity contribution >= 4 is 5.97 Å². The maximum atomic E-state index is 10.3. The van der Waals surface area contributed by atoms with Crippen LogP contribution in [0.2, 0.25) is 0 Å². The quantitative estimate of drug-likeness (QED) is 0.832. The standard InChI is InChI=1S/C14H19NO3/c16-14(17)11-18-10-13-6-7-15(9-13)8-12-4-2-1-3-5-12/h1-5,13H,6-11H2,(H,16,17)/t13-/m1/s1. The fourth-order valence-electron chi connectivity index (χ4n) is 2.35. The van der Waals surface area contributed by atoms with Crippen LogP contribution in [0.15, 0.2) is 30.3 Å². The number of carboxylic acids is 1. The summed E-state index contributed by atoms with van der Waals surface area (Å²) in [5, 5.41) is 8.50. The lowest BCUT2D eigenvalue weighted by molar-refractivity contribution is -0.142. The van der Waals surface area contributed by atoms with E-state index in [4.69, 9.17) is 9.84 Å². The minimum absolute atomic E-state index is 0.185. The van der Waals surface area contributed by atoms with Gasteiger partial charge >= 0.3 is 5.97 Å². The number of benzene rings is 1. The molecule has 1 atom stereocenters. The summed E-state index contributed by atoms with van der Waals surface area (Å²) in [7, 11) is 0. The van der Waals surface area contributed by atoms with Crippen LogP contribution in [0.4, 0.5) is 0 Å². The second-order valence-corrected chi connectivity index (χ2v) is 4.78. The van der Waals surface area contributed by atoms with Gasteiger partial charge in [-0.2, -0.15) is 0 Å². The molecule has 1 aromatic rings. The van der Waals surface area contributed by atoms with Gasteiger partial charge in [-0.25, -0.2) is 4.79 Å². The highest BCUT2D eigenvalue weighted by molar-refractivity contribution is 5.67. The number of likely N-dealkylation sites (tertiary alicyclic amines) is 1. The van der Waals surface area contributed by atoms with Crippen LogP contribution in [0.25, 0.3) is 0 Å². The Hall–Kier alpha value is -1.39. The number of nitrogens with zero attached hydrogens (tertiary/aromatic N) is 1. The zero-order chi connectivity index (χ0) is 12.8. The molecule has 0 spiro atoms. The largest absolute Gasteiger partial charge is 0.480 e. The molecule has 1 aliphatic rings. The van der Waals surface area contributed by atoms with E-state index in [2.05, 4.69) is 29.2 Å². The second kappa shape index (κ2) is 6.52. The zero-order valence-electron chi connectivity index (χ0n) is 10.4. The van der Waals surface area contributed by atoms with Crippen molar-refractivity contribution < 1.29 is 14.6 Å². The van der Waals surface area contributed by atoms with Gasteiger partial charge in [0.15, 0.2) is 0 Å². The molecule has 0 bridgehead atoms. The average molecular weight is 249 g/mol. The van der Waals surface area contributed by atoms with Crippen molar-refractivity contribution in [2.24, 2.45) is 5.92 Å². The molecule has 4 nitrogen and oxygen atoms in total. The Morgan fingerprint density at radius 1 is 1.39 bits per heavy atom. The van der Waals surface area contributed by atoms with Crippen molar-refractivity contribution in [2.75, 3.05) is 26.3 Å². The van der Waals surface area contributed by atoms with Gasteiger partial charge in [-0.05, 0) is 24.4 Å². The van der Waals surface area contributed by atoms with E-state index in [9.17, 15) is 4.79 Å². The van der Waals surface area contributed by atoms with Crippen LogP contribution in [0.5, 0.6) is 0 Å². The molecule has 1 saturated heterocycles. The van der Waals surface area contributed by atoms with Crippen LogP contribution in [-0.4, -0.2) is 42.3 Å². The topological polar surface area (TPSA) is 49.8 Å². The summed E-state index contributed by atoms with van der Waals surface area (Å²) in [5.41, 5.74) is 1.32. The van der Waals surface area contributed by atoms with Crippen LogP contribution in [0, 0.1) is 5.92 Å². The lowest BCUT2D eigenvalue weighted by Gasteiger charge is -2.15. The van der Waals surface area contributed by atoms with Crippen molar-refractivity contribution in [1.82, 2.24) is 4.90 Å². The van der Waals surface area contributed by atoms with Gasteiger partial charge in [-0.3, -0.25) is 4.90 Å². The third kappa shape index (κ3) is 4.13. The van der Waals surface area contributed by atoms with E-state index in [1.54, 1.807) is 0 Å². The number of hydrogen-bond acceptors (Lipinski definition) is 3. The number of carbonyl (C=O) groups is 1. The van der Waals surface area contributed by atoms with Crippen LogP contribution in [0.1, 0.15) is 12.0 Å². The van der Waals surface area contributed by atoms with Crippen molar-refractivity contribution in [3.8, 4) is 0 Å². The molecule has 18 heavy (non-hydrogen) atoms. The molecule has 1 aliphatic heterocycles. The number of hydrogen-bond donors (Lipinski definition) is 1. The fraction of sp³-hybridized carbons (Fsp3) is 0.500. The van der Waals surface area contributed by atoms with Crippen LogP contribution in [-0.2, 0) is 16.1 Å². The fourth-order valence-corrected chi connectivity index (χ4v) is 2.35. The molecular weight excluding hydrogens is 230 g/mol. The molecule has 0 saturated carbocycles. The molecule has 4 heteroatoms. The molecule has 0 unspecified atom stereocenters. The van der Waals surface area contributed by atoms with Gasteiger partial charge in [0.2, 0.25) is 0 Å². The summed E-state index contributed by atoms with van der Waals surface area (Å²) in [6.45, 7) is 3.40. The summed E-state index contributed by atoms with van der Waals surface area (Å²) < 4.78 is 5.15. The summed E-state index contributed by atoms with van der Waals surface area (Å²) in [6, 6.07) is 10.4. The maximum absolute atomic E-state index is 10.3. The van der Waals surface area contributed by atoms with Crippen LogP contribution >= 0.6 is 0 Å². The third-order valence-electron chi connectivity index (χ3n) is 3.20. The first-order chi connectivity index (χ1) is 8.74. The smallest absolute Gasteiger partial charge is 0.329 e. The number of ether oxygens (including phenoxy) is 1. The second-order valence-electron chi connectivity index (χ2n) is 4.78. The summed E-state index contributed by atoms with van der Waals surface area (Å²) in [4.78, 5) is 12.7. The molecule has 0 aliphatic carbocycles. The van der Waals surface area contributed by atoms with Crippen molar-refractivity contribution in [3.63, 3.8) is 0 Å². The monoisotopic (exact) mass is 249 g/mol. The van der Waals surface area contributed by atoms with Crippen molar-refractivity contribution in [1.29, 1.82) is 0 Å². The lowest BCUT2D eigenvalue weighted by Crippen LogP contribution is -2.22. The lowest BCUT2D eigenvalue weighted by atomic mass is 10.1. The van der Waals surface area contributed by atoms with Gasteiger partial charge in [0.1, 0.15) is 6.61 Å². The van der Waals surface area contributed by atoms with Crippen molar-refractivity contribution in [3.05, 3.63) is 35.9 Å².